The SMILES string of the molecule is CCC(=O)c1cc(N2CCC2)c(C(F)(F)F)cc1NC(=O)Cc1ccc(Cl)cc1. The Hall–Kier alpha value is -2.54. The lowest BCUT2D eigenvalue weighted by Gasteiger charge is -2.35. The zero-order valence-electron chi connectivity index (χ0n) is 15.8. The number of hydrogen-bond donors (Lipinski definition) is 1. The first-order valence-corrected chi connectivity index (χ1v) is 9.64. The summed E-state index contributed by atoms with van der Waals surface area (Å²) in [5.74, 6) is -0.843. The van der Waals surface area contributed by atoms with Gasteiger partial charge in [0.25, 0.3) is 0 Å². The second kappa shape index (κ2) is 8.45. The van der Waals surface area contributed by atoms with Crippen LogP contribution in [0.2, 0.25) is 5.02 Å². The van der Waals surface area contributed by atoms with E-state index < -0.39 is 17.6 Å². The third-order valence-electron chi connectivity index (χ3n) is 4.81. The van der Waals surface area contributed by atoms with Crippen LogP contribution >= 0.6 is 11.6 Å². The highest BCUT2D eigenvalue weighted by Crippen LogP contribution is 2.41. The molecule has 8 heteroatoms. The van der Waals surface area contributed by atoms with Crippen molar-refractivity contribution in [3.63, 3.8) is 0 Å². The molecular formula is C21H20ClF3N2O2. The van der Waals surface area contributed by atoms with Crippen LogP contribution in [0.25, 0.3) is 0 Å². The second-order valence-corrected chi connectivity index (χ2v) is 7.32. The lowest BCUT2D eigenvalue weighted by molar-refractivity contribution is -0.137. The molecule has 1 amide bonds. The van der Waals surface area contributed by atoms with Crippen molar-refractivity contribution in [3.05, 3.63) is 58.1 Å². The molecule has 1 heterocycles. The van der Waals surface area contributed by atoms with E-state index in [1.54, 1.807) is 36.1 Å². The van der Waals surface area contributed by atoms with Crippen molar-refractivity contribution in [1.82, 2.24) is 0 Å². The monoisotopic (exact) mass is 424 g/mol. The molecule has 0 atom stereocenters. The number of carbonyl (C=O) groups is 2. The molecule has 4 nitrogen and oxygen atoms in total. The fraction of sp³-hybridized carbons (Fsp3) is 0.333. The second-order valence-electron chi connectivity index (χ2n) is 6.88. The molecule has 1 aliphatic heterocycles. The van der Waals surface area contributed by atoms with Gasteiger partial charge in [0, 0.05) is 35.8 Å². The predicted octanol–water partition coefficient (Wildman–Crippen LogP) is 5.34. The van der Waals surface area contributed by atoms with Crippen LogP contribution in [0, 0.1) is 0 Å². The fourth-order valence-electron chi connectivity index (χ4n) is 3.14. The molecule has 0 saturated carbocycles. The molecule has 29 heavy (non-hydrogen) atoms. The lowest BCUT2D eigenvalue weighted by atomic mass is 9.98. The Labute approximate surface area is 171 Å². The number of ketones is 1. The van der Waals surface area contributed by atoms with Crippen LogP contribution < -0.4 is 10.2 Å². The number of rotatable bonds is 6. The van der Waals surface area contributed by atoms with E-state index in [2.05, 4.69) is 5.32 Å². The van der Waals surface area contributed by atoms with Crippen LogP contribution in [-0.4, -0.2) is 24.8 Å². The summed E-state index contributed by atoms with van der Waals surface area (Å²) in [5, 5.41) is 3.01. The molecule has 1 saturated heterocycles. The zero-order chi connectivity index (χ0) is 21.2. The van der Waals surface area contributed by atoms with E-state index in [1.165, 1.54) is 6.07 Å². The Morgan fingerprint density at radius 3 is 2.31 bits per heavy atom. The van der Waals surface area contributed by atoms with Crippen LogP contribution in [0.5, 0.6) is 0 Å². The van der Waals surface area contributed by atoms with Crippen LogP contribution in [0.15, 0.2) is 36.4 Å². The Morgan fingerprint density at radius 1 is 1.14 bits per heavy atom. The normalized spacial score (nSPS) is 13.8. The van der Waals surface area contributed by atoms with Gasteiger partial charge in [0.05, 0.1) is 17.7 Å². The molecule has 154 valence electrons. The maximum atomic E-state index is 13.6. The first-order valence-electron chi connectivity index (χ1n) is 9.26. The number of carbonyl (C=O) groups excluding carboxylic acids is 2. The van der Waals surface area contributed by atoms with Crippen LogP contribution in [0.3, 0.4) is 0 Å². The number of hydrogen-bond acceptors (Lipinski definition) is 3. The maximum Gasteiger partial charge on any atom is 0.418 e. The summed E-state index contributed by atoms with van der Waals surface area (Å²) in [4.78, 5) is 26.4. The molecule has 1 N–H and O–H groups in total. The molecule has 2 aromatic carbocycles. The molecule has 1 fully saturated rings. The zero-order valence-corrected chi connectivity index (χ0v) is 16.5. The lowest BCUT2D eigenvalue weighted by Crippen LogP contribution is -2.38. The van der Waals surface area contributed by atoms with Gasteiger partial charge in [-0.3, -0.25) is 9.59 Å². The largest absolute Gasteiger partial charge is 0.418 e. The van der Waals surface area contributed by atoms with Crippen molar-refractivity contribution >= 4 is 34.7 Å². The first kappa shape index (κ1) is 21.2. The highest BCUT2D eigenvalue weighted by molar-refractivity contribution is 6.30. The number of alkyl halides is 3. The van der Waals surface area contributed by atoms with Crippen molar-refractivity contribution in [3.8, 4) is 0 Å². The average molecular weight is 425 g/mol. The van der Waals surface area contributed by atoms with Crippen LogP contribution in [0.1, 0.15) is 41.3 Å². The van der Waals surface area contributed by atoms with Gasteiger partial charge in [-0.2, -0.15) is 13.2 Å². The smallest absolute Gasteiger partial charge is 0.371 e. The van der Waals surface area contributed by atoms with Crippen molar-refractivity contribution in [1.29, 1.82) is 0 Å². The molecule has 3 rings (SSSR count). The van der Waals surface area contributed by atoms with Crippen LogP contribution in [-0.2, 0) is 17.4 Å². The van der Waals surface area contributed by atoms with E-state index in [9.17, 15) is 22.8 Å². The molecule has 0 unspecified atom stereocenters. The molecule has 2 aromatic rings. The van der Waals surface area contributed by atoms with Gasteiger partial charge in [-0.1, -0.05) is 30.7 Å². The van der Waals surface area contributed by atoms with Crippen molar-refractivity contribution in [2.24, 2.45) is 0 Å². The van der Waals surface area contributed by atoms with Gasteiger partial charge in [-0.05, 0) is 36.2 Å². The van der Waals surface area contributed by atoms with Gasteiger partial charge in [0.2, 0.25) is 5.91 Å². The summed E-state index contributed by atoms with van der Waals surface area (Å²) in [5.41, 5.74) is -0.245. The van der Waals surface area contributed by atoms with E-state index in [0.717, 1.165) is 12.5 Å². The van der Waals surface area contributed by atoms with Gasteiger partial charge < -0.3 is 10.2 Å². The quantitative estimate of drug-likeness (QED) is 0.636. The average Bonchev–Trinajstić information content (AvgIpc) is 2.61. The number of anilines is 2. The topological polar surface area (TPSA) is 49.4 Å². The number of amides is 1. The highest BCUT2D eigenvalue weighted by Gasteiger charge is 2.37. The van der Waals surface area contributed by atoms with Gasteiger partial charge >= 0.3 is 6.18 Å². The van der Waals surface area contributed by atoms with Gasteiger partial charge in [0.15, 0.2) is 5.78 Å². The molecule has 0 aliphatic carbocycles. The fourth-order valence-corrected chi connectivity index (χ4v) is 3.27. The van der Waals surface area contributed by atoms with Gasteiger partial charge in [-0.15, -0.1) is 0 Å². The Balaban J connectivity index is 1.95. The number of halogens is 4. The third-order valence-corrected chi connectivity index (χ3v) is 5.06. The predicted molar refractivity (Wildman–Crippen MR) is 107 cm³/mol. The van der Waals surface area contributed by atoms with E-state index in [0.29, 0.717) is 23.7 Å². The van der Waals surface area contributed by atoms with E-state index >= 15 is 0 Å². The molecular weight excluding hydrogens is 405 g/mol. The first-order chi connectivity index (χ1) is 13.7. The van der Waals surface area contributed by atoms with E-state index in [1.807, 2.05) is 0 Å². The minimum Gasteiger partial charge on any atom is -0.371 e. The molecule has 0 bridgehead atoms. The maximum absolute atomic E-state index is 13.6. The minimum absolute atomic E-state index is 0.0174. The number of nitrogens with one attached hydrogen (secondary N) is 1. The van der Waals surface area contributed by atoms with E-state index in [-0.39, 0.29) is 35.6 Å². The third kappa shape index (κ3) is 4.90. The summed E-state index contributed by atoms with van der Waals surface area (Å²) < 4.78 is 40.9. The summed E-state index contributed by atoms with van der Waals surface area (Å²) >= 11 is 5.82. The van der Waals surface area contributed by atoms with Gasteiger partial charge in [-0.25, -0.2) is 0 Å². The van der Waals surface area contributed by atoms with Gasteiger partial charge in [0.1, 0.15) is 0 Å². The summed E-state index contributed by atoms with van der Waals surface area (Å²) in [6.45, 7) is 2.64. The summed E-state index contributed by atoms with van der Waals surface area (Å²) in [6.07, 6.45) is -3.74. The van der Waals surface area contributed by atoms with Crippen LogP contribution in [0.4, 0.5) is 24.5 Å². The molecule has 0 radical (unpaired) electrons. The molecule has 0 spiro atoms. The summed E-state index contributed by atoms with van der Waals surface area (Å²) in [7, 11) is 0. The Bertz CT molecular complexity index is 923. The number of nitrogens with zero attached hydrogens (tertiary/aromatic N) is 1. The standard InChI is InChI=1S/C21H20ClF3N2O2/c1-2-19(28)15-11-18(27-8-3-9-27)16(21(23,24)25)12-17(15)26-20(29)10-13-4-6-14(22)7-5-13/h4-7,11-12H,2-3,8-10H2,1H3,(H,26,29). The Morgan fingerprint density at radius 2 is 1.79 bits per heavy atom. The highest BCUT2D eigenvalue weighted by atomic mass is 35.5. The van der Waals surface area contributed by atoms with Crippen molar-refractivity contribution in [2.75, 3.05) is 23.3 Å². The number of Topliss-reactive ketones (excluding diaryl/α,β-unsaturated/α-hetero) is 1. The van der Waals surface area contributed by atoms with Crippen molar-refractivity contribution < 1.29 is 22.8 Å². The van der Waals surface area contributed by atoms with Crippen molar-refractivity contribution in [2.45, 2.75) is 32.4 Å². The minimum atomic E-state index is -4.60. The summed E-state index contributed by atoms with van der Waals surface area (Å²) in [6, 6.07) is 8.70. The molecule has 1 aliphatic rings. The van der Waals surface area contributed by atoms with E-state index in [4.69, 9.17) is 11.6 Å². The molecule has 0 aromatic heterocycles. The number of benzene rings is 2. The Kier molecular flexibility index (Phi) is 6.17.